The van der Waals surface area contributed by atoms with Gasteiger partial charge in [0.25, 0.3) is 0 Å². The molecule has 0 bridgehead atoms. The second kappa shape index (κ2) is 7.11. The molecule has 1 fully saturated rings. The molecule has 2 amide bonds. The third kappa shape index (κ3) is 4.89. The first-order valence-corrected chi connectivity index (χ1v) is 6.79. The van der Waals surface area contributed by atoms with Crippen LogP contribution >= 0.6 is 0 Å². The van der Waals surface area contributed by atoms with Crippen molar-refractivity contribution in [3.63, 3.8) is 0 Å². The van der Waals surface area contributed by atoms with Crippen LogP contribution in [0.25, 0.3) is 0 Å². The SMILES string of the molecule is NC(=O)C1(NC(=O)CCCC(=O)O)CCCCCC1. The predicted molar refractivity (Wildman–Crippen MR) is 69.3 cm³/mol. The lowest BCUT2D eigenvalue weighted by Gasteiger charge is -2.30. The van der Waals surface area contributed by atoms with Crippen molar-refractivity contribution in [2.24, 2.45) is 5.73 Å². The molecule has 0 heterocycles. The van der Waals surface area contributed by atoms with E-state index >= 15 is 0 Å². The number of rotatable bonds is 6. The zero-order chi connectivity index (χ0) is 14.3. The van der Waals surface area contributed by atoms with Gasteiger partial charge in [0.05, 0.1) is 0 Å². The largest absolute Gasteiger partial charge is 0.481 e. The third-order valence-corrected chi connectivity index (χ3v) is 3.60. The maximum absolute atomic E-state index is 11.8. The van der Waals surface area contributed by atoms with E-state index in [2.05, 4.69) is 5.32 Å². The smallest absolute Gasteiger partial charge is 0.303 e. The van der Waals surface area contributed by atoms with Crippen LogP contribution < -0.4 is 11.1 Å². The number of hydrogen-bond donors (Lipinski definition) is 3. The molecule has 19 heavy (non-hydrogen) atoms. The van der Waals surface area contributed by atoms with Gasteiger partial charge in [0, 0.05) is 12.8 Å². The molecule has 6 nitrogen and oxygen atoms in total. The van der Waals surface area contributed by atoms with Gasteiger partial charge in [-0.3, -0.25) is 14.4 Å². The zero-order valence-electron chi connectivity index (χ0n) is 11.1. The molecule has 0 aliphatic heterocycles. The molecule has 1 aliphatic rings. The molecule has 0 atom stereocenters. The van der Waals surface area contributed by atoms with Gasteiger partial charge in [0.1, 0.15) is 5.54 Å². The molecule has 0 saturated heterocycles. The van der Waals surface area contributed by atoms with Gasteiger partial charge < -0.3 is 16.2 Å². The lowest BCUT2D eigenvalue weighted by Crippen LogP contribution is -2.57. The molecule has 1 aliphatic carbocycles. The van der Waals surface area contributed by atoms with Crippen molar-refractivity contribution >= 4 is 17.8 Å². The number of aliphatic carboxylic acids is 1. The average Bonchev–Trinajstić information content (AvgIpc) is 2.55. The summed E-state index contributed by atoms with van der Waals surface area (Å²) < 4.78 is 0. The molecule has 1 rings (SSSR count). The van der Waals surface area contributed by atoms with E-state index in [9.17, 15) is 14.4 Å². The van der Waals surface area contributed by atoms with Crippen molar-refractivity contribution in [2.75, 3.05) is 0 Å². The molecule has 0 radical (unpaired) electrons. The summed E-state index contributed by atoms with van der Waals surface area (Å²) >= 11 is 0. The van der Waals surface area contributed by atoms with Crippen LogP contribution in [-0.4, -0.2) is 28.4 Å². The molecule has 0 unspecified atom stereocenters. The fourth-order valence-corrected chi connectivity index (χ4v) is 2.49. The van der Waals surface area contributed by atoms with E-state index in [-0.39, 0.29) is 25.2 Å². The first-order valence-electron chi connectivity index (χ1n) is 6.79. The molecular weight excluding hydrogens is 248 g/mol. The van der Waals surface area contributed by atoms with Crippen molar-refractivity contribution in [1.82, 2.24) is 5.32 Å². The van der Waals surface area contributed by atoms with Crippen molar-refractivity contribution in [3.8, 4) is 0 Å². The van der Waals surface area contributed by atoms with Gasteiger partial charge in [-0.25, -0.2) is 0 Å². The summed E-state index contributed by atoms with van der Waals surface area (Å²) in [6.07, 6.45) is 5.33. The quantitative estimate of drug-likeness (QED) is 0.624. The molecule has 4 N–H and O–H groups in total. The standard InChI is InChI=1S/C13H22N2O4/c14-12(19)13(8-3-1-2-4-9-13)15-10(16)6-5-7-11(17)18/h1-9H2,(H2,14,19)(H,15,16)(H,17,18). The van der Waals surface area contributed by atoms with Crippen LogP contribution in [0.2, 0.25) is 0 Å². The Hall–Kier alpha value is -1.59. The second-order valence-corrected chi connectivity index (χ2v) is 5.16. The molecular formula is C13H22N2O4. The van der Waals surface area contributed by atoms with Gasteiger partial charge in [-0.1, -0.05) is 25.7 Å². The molecule has 0 aromatic rings. The van der Waals surface area contributed by atoms with Crippen LogP contribution in [0.5, 0.6) is 0 Å². The van der Waals surface area contributed by atoms with Crippen LogP contribution in [0.3, 0.4) is 0 Å². The van der Waals surface area contributed by atoms with Crippen molar-refractivity contribution in [2.45, 2.75) is 63.3 Å². The van der Waals surface area contributed by atoms with Crippen LogP contribution in [0.1, 0.15) is 57.8 Å². The highest BCUT2D eigenvalue weighted by Crippen LogP contribution is 2.27. The van der Waals surface area contributed by atoms with Crippen LogP contribution in [0, 0.1) is 0 Å². The van der Waals surface area contributed by atoms with Crippen molar-refractivity contribution in [3.05, 3.63) is 0 Å². The zero-order valence-corrected chi connectivity index (χ0v) is 11.1. The summed E-state index contributed by atoms with van der Waals surface area (Å²) in [6, 6.07) is 0. The predicted octanol–water partition coefficient (Wildman–Crippen LogP) is 0.936. The van der Waals surface area contributed by atoms with E-state index < -0.39 is 17.4 Å². The number of carboxylic acid groups (broad SMARTS) is 1. The van der Waals surface area contributed by atoms with E-state index in [0.717, 1.165) is 25.7 Å². The Labute approximate surface area is 112 Å². The van der Waals surface area contributed by atoms with Crippen LogP contribution in [0.4, 0.5) is 0 Å². The molecule has 0 spiro atoms. The van der Waals surface area contributed by atoms with Gasteiger partial charge in [0.15, 0.2) is 0 Å². The number of carbonyl (C=O) groups excluding carboxylic acids is 2. The third-order valence-electron chi connectivity index (χ3n) is 3.60. The number of hydrogen-bond acceptors (Lipinski definition) is 3. The van der Waals surface area contributed by atoms with E-state index in [1.807, 2.05) is 0 Å². The van der Waals surface area contributed by atoms with E-state index in [4.69, 9.17) is 10.8 Å². The van der Waals surface area contributed by atoms with E-state index in [1.165, 1.54) is 0 Å². The van der Waals surface area contributed by atoms with Gasteiger partial charge in [0.2, 0.25) is 11.8 Å². The van der Waals surface area contributed by atoms with Crippen LogP contribution in [-0.2, 0) is 14.4 Å². The fraction of sp³-hybridized carbons (Fsp3) is 0.769. The van der Waals surface area contributed by atoms with Crippen molar-refractivity contribution < 1.29 is 19.5 Å². The van der Waals surface area contributed by atoms with Crippen LogP contribution in [0.15, 0.2) is 0 Å². The number of carbonyl (C=O) groups is 3. The molecule has 1 saturated carbocycles. The molecule has 108 valence electrons. The minimum Gasteiger partial charge on any atom is -0.481 e. The lowest BCUT2D eigenvalue weighted by molar-refractivity contribution is -0.137. The maximum Gasteiger partial charge on any atom is 0.303 e. The van der Waals surface area contributed by atoms with E-state index in [1.54, 1.807) is 0 Å². The Morgan fingerprint density at radius 2 is 1.63 bits per heavy atom. The Morgan fingerprint density at radius 1 is 1.05 bits per heavy atom. The maximum atomic E-state index is 11.8. The van der Waals surface area contributed by atoms with Gasteiger partial charge in [-0.15, -0.1) is 0 Å². The van der Waals surface area contributed by atoms with Gasteiger partial charge in [-0.05, 0) is 19.3 Å². The molecule has 6 heteroatoms. The van der Waals surface area contributed by atoms with E-state index in [0.29, 0.717) is 12.8 Å². The minimum atomic E-state index is -0.934. The molecule has 0 aromatic carbocycles. The normalized spacial score (nSPS) is 18.3. The van der Waals surface area contributed by atoms with Gasteiger partial charge >= 0.3 is 5.97 Å². The first-order chi connectivity index (χ1) is 8.96. The highest BCUT2D eigenvalue weighted by Gasteiger charge is 2.37. The number of nitrogens with two attached hydrogens (primary N) is 1. The monoisotopic (exact) mass is 270 g/mol. The summed E-state index contributed by atoms with van der Waals surface area (Å²) in [5.41, 5.74) is 4.52. The Balaban J connectivity index is 2.55. The lowest BCUT2D eigenvalue weighted by atomic mass is 9.89. The highest BCUT2D eigenvalue weighted by atomic mass is 16.4. The summed E-state index contributed by atoms with van der Waals surface area (Å²) in [7, 11) is 0. The summed E-state index contributed by atoms with van der Waals surface area (Å²) in [5.74, 6) is -1.70. The fourth-order valence-electron chi connectivity index (χ4n) is 2.49. The van der Waals surface area contributed by atoms with Crippen molar-refractivity contribution in [1.29, 1.82) is 0 Å². The topological polar surface area (TPSA) is 109 Å². The second-order valence-electron chi connectivity index (χ2n) is 5.16. The highest BCUT2D eigenvalue weighted by molar-refractivity contribution is 5.90. The Kier molecular flexibility index (Phi) is 5.79. The number of carboxylic acids is 1. The Bertz CT molecular complexity index is 347. The number of amides is 2. The molecule has 0 aromatic heterocycles. The number of nitrogens with one attached hydrogen (secondary N) is 1. The average molecular weight is 270 g/mol. The summed E-state index contributed by atoms with van der Waals surface area (Å²) in [6.45, 7) is 0. The summed E-state index contributed by atoms with van der Waals surface area (Å²) in [4.78, 5) is 33.8. The summed E-state index contributed by atoms with van der Waals surface area (Å²) in [5, 5.41) is 11.3. The van der Waals surface area contributed by atoms with Gasteiger partial charge in [-0.2, -0.15) is 0 Å². The first kappa shape index (κ1) is 15.5. The number of primary amides is 1. The Morgan fingerprint density at radius 3 is 2.11 bits per heavy atom. The minimum absolute atomic E-state index is 0.0447.